The van der Waals surface area contributed by atoms with Crippen molar-refractivity contribution in [1.29, 1.82) is 0 Å². The summed E-state index contributed by atoms with van der Waals surface area (Å²) in [5, 5.41) is 10.2. The maximum Gasteiger partial charge on any atom is 0.255 e. The fraction of sp³-hybridized carbons (Fsp3) is 0.400. The van der Waals surface area contributed by atoms with Crippen LogP contribution in [-0.4, -0.2) is 39.7 Å². The van der Waals surface area contributed by atoms with E-state index in [4.69, 9.17) is 0 Å². The molecule has 2 N–H and O–H groups in total. The number of aryl methyl sites for hydroxylation is 1. The lowest BCUT2D eigenvalue weighted by molar-refractivity contribution is 0.0936. The molecule has 1 aliphatic heterocycles. The molecule has 0 aliphatic carbocycles. The van der Waals surface area contributed by atoms with Crippen LogP contribution in [0.1, 0.15) is 46.7 Å². The van der Waals surface area contributed by atoms with Crippen LogP contribution in [-0.2, 0) is 13.0 Å². The van der Waals surface area contributed by atoms with E-state index in [1.807, 2.05) is 24.6 Å². The molecule has 142 valence electrons. The lowest BCUT2D eigenvalue weighted by Crippen LogP contribution is -2.34. The van der Waals surface area contributed by atoms with Gasteiger partial charge in [-0.25, -0.2) is 0 Å². The predicted octanol–water partition coefficient (Wildman–Crippen LogP) is 1.97. The van der Waals surface area contributed by atoms with Gasteiger partial charge >= 0.3 is 0 Å². The summed E-state index contributed by atoms with van der Waals surface area (Å²) in [5.74, 6) is 0.0508. The first-order valence-corrected chi connectivity index (χ1v) is 9.19. The quantitative estimate of drug-likeness (QED) is 0.764. The fourth-order valence-corrected chi connectivity index (χ4v) is 3.14. The van der Waals surface area contributed by atoms with Crippen LogP contribution < -0.4 is 10.6 Å². The first-order valence-electron chi connectivity index (χ1n) is 9.19. The molecule has 1 aliphatic rings. The van der Waals surface area contributed by atoms with E-state index >= 15 is 0 Å². The lowest BCUT2D eigenvalue weighted by atomic mass is 9.94. The highest BCUT2D eigenvalue weighted by Gasteiger charge is 2.25. The van der Waals surface area contributed by atoms with Gasteiger partial charge in [-0.1, -0.05) is 11.6 Å². The molecule has 0 aromatic carbocycles. The van der Waals surface area contributed by atoms with Crippen LogP contribution in [0, 0.1) is 5.92 Å². The van der Waals surface area contributed by atoms with Gasteiger partial charge in [-0.15, -0.1) is 0 Å². The maximum absolute atomic E-state index is 12.4. The highest BCUT2D eigenvalue weighted by Crippen LogP contribution is 2.22. The first kappa shape index (κ1) is 18.8. The van der Waals surface area contributed by atoms with Crippen molar-refractivity contribution in [2.45, 2.75) is 33.2 Å². The molecular weight excluding hydrogens is 342 g/mol. The number of hydrogen-bond acceptors (Lipinski definition) is 4. The summed E-state index contributed by atoms with van der Waals surface area (Å²) in [6.45, 7) is 5.83. The third-order valence-corrected chi connectivity index (χ3v) is 4.67. The topological polar surface area (TPSA) is 88.9 Å². The third kappa shape index (κ3) is 4.81. The van der Waals surface area contributed by atoms with Crippen molar-refractivity contribution in [3.63, 3.8) is 0 Å². The number of allylic oxidation sites excluding steroid dienone is 1. The molecule has 3 rings (SSSR count). The van der Waals surface area contributed by atoms with E-state index in [0.29, 0.717) is 24.2 Å². The van der Waals surface area contributed by atoms with Crippen LogP contribution in [0.25, 0.3) is 0 Å². The Kier molecular flexibility index (Phi) is 6.01. The van der Waals surface area contributed by atoms with Crippen LogP contribution in [0.4, 0.5) is 0 Å². The number of fused-ring (bicyclic) bond motifs is 1. The molecule has 0 spiro atoms. The monoisotopic (exact) mass is 367 g/mol. The Morgan fingerprint density at radius 3 is 2.85 bits per heavy atom. The molecule has 0 saturated carbocycles. The van der Waals surface area contributed by atoms with E-state index in [9.17, 15) is 9.59 Å². The summed E-state index contributed by atoms with van der Waals surface area (Å²) >= 11 is 0. The Morgan fingerprint density at radius 1 is 1.26 bits per heavy atom. The van der Waals surface area contributed by atoms with E-state index < -0.39 is 0 Å². The van der Waals surface area contributed by atoms with E-state index in [0.717, 1.165) is 30.7 Å². The predicted molar refractivity (Wildman–Crippen MR) is 102 cm³/mol. The van der Waals surface area contributed by atoms with Gasteiger partial charge in [0, 0.05) is 32.0 Å². The second-order valence-electron chi connectivity index (χ2n) is 7.03. The van der Waals surface area contributed by atoms with Crippen LogP contribution in [0.2, 0.25) is 0 Å². The van der Waals surface area contributed by atoms with E-state index in [-0.39, 0.29) is 17.7 Å². The van der Waals surface area contributed by atoms with Gasteiger partial charge in [0.15, 0.2) is 0 Å². The minimum Gasteiger partial charge on any atom is -0.352 e. The first-order chi connectivity index (χ1) is 13.0. The number of pyridine rings is 1. The van der Waals surface area contributed by atoms with E-state index in [1.165, 1.54) is 0 Å². The van der Waals surface area contributed by atoms with Gasteiger partial charge in [0.2, 0.25) is 0 Å². The molecule has 7 heteroatoms. The Labute approximate surface area is 158 Å². The number of aromatic nitrogens is 3. The number of nitrogens with zero attached hydrogens (tertiary/aromatic N) is 3. The molecule has 1 atom stereocenters. The smallest absolute Gasteiger partial charge is 0.255 e. The van der Waals surface area contributed by atoms with Gasteiger partial charge in [-0.05, 0) is 44.7 Å². The molecule has 7 nitrogen and oxygen atoms in total. The van der Waals surface area contributed by atoms with Crippen molar-refractivity contribution in [1.82, 2.24) is 25.4 Å². The van der Waals surface area contributed by atoms with Crippen molar-refractivity contribution in [2.24, 2.45) is 5.92 Å². The van der Waals surface area contributed by atoms with Crippen LogP contribution >= 0.6 is 0 Å². The molecule has 0 unspecified atom stereocenters. The minimum absolute atomic E-state index is 0.103. The molecule has 2 amide bonds. The largest absolute Gasteiger partial charge is 0.352 e. The van der Waals surface area contributed by atoms with Crippen molar-refractivity contribution in [2.75, 3.05) is 13.1 Å². The molecule has 0 radical (unpaired) electrons. The van der Waals surface area contributed by atoms with Gasteiger partial charge in [-0.3, -0.25) is 19.3 Å². The zero-order valence-electron chi connectivity index (χ0n) is 15.7. The van der Waals surface area contributed by atoms with Crippen molar-refractivity contribution < 1.29 is 9.59 Å². The number of carbonyl (C=O) groups is 2. The van der Waals surface area contributed by atoms with Gasteiger partial charge < -0.3 is 10.6 Å². The summed E-state index contributed by atoms with van der Waals surface area (Å²) in [4.78, 5) is 28.6. The molecule has 3 heterocycles. The summed E-state index contributed by atoms with van der Waals surface area (Å²) in [6.07, 6.45) is 8.46. The number of hydrogen-bond donors (Lipinski definition) is 2. The second-order valence-corrected chi connectivity index (χ2v) is 7.03. The summed E-state index contributed by atoms with van der Waals surface area (Å²) in [6, 6.07) is 3.49. The molecule has 0 saturated heterocycles. The average molecular weight is 367 g/mol. The third-order valence-electron chi connectivity index (χ3n) is 4.67. The van der Waals surface area contributed by atoms with Crippen molar-refractivity contribution in [3.8, 4) is 0 Å². The Hall–Kier alpha value is -2.96. The van der Waals surface area contributed by atoms with E-state index in [2.05, 4.69) is 20.7 Å². The Bertz CT molecular complexity index is 837. The Balaban J connectivity index is 1.59. The van der Waals surface area contributed by atoms with Crippen LogP contribution in [0.15, 0.2) is 42.4 Å². The zero-order valence-corrected chi connectivity index (χ0v) is 15.7. The standard InChI is InChI=1S/C20H25N5O2/c1-14(2)5-8-22-20(27)17-13-24-25-9-6-15(10-18(17)25)11-23-19(26)16-4-3-7-21-12-16/h3-5,7,12-13,15H,6,8-11H2,1-2H3,(H,22,27)(H,23,26)/t15-/m0/s1. The molecule has 0 fully saturated rings. The van der Waals surface area contributed by atoms with E-state index in [1.54, 1.807) is 30.7 Å². The molecule has 27 heavy (non-hydrogen) atoms. The molecule has 2 aromatic heterocycles. The molecule has 0 bridgehead atoms. The molecule has 2 aromatic rings. The van der Waals surface area contributed by atoms with Crippen LogP contribution in [0.5, 0.6) is 0 Å². The number of nitrogens with one attached hydrogen (secondary N) is 2. The summed E-state index contributed by atoms with van der Waals surface area (Å²) in [7, 11) is 0. The maximum atomic E-state index is 12.4. The SMILES string of the molecule is CC(C)=CCNC(=O)c1cnn2c1C[C@@H](CNC(=O)c1cccnc1)CC2. The number of rotatable bonds is 6. The number of amides is 2. The lowest BCUT2D eigenvalue weighted by Gasteiger charge is -2.24. The van der Waals surface area contributed by atoms with Crippen LogP contribution in [0.3, 0.4) is 0 Å². The highest BCUT2D eigenvalue weighted by atomic mass is 16.2. The normalized spacial score (nSPS) is 15.6. The average Bonchev–Trinajstić information content (AvgIpc) is 3.09. The van der Waals surface area contributed by atoms with Gasteiger partial charge in [0.25, 0.3) is 11.8 Å². The fourth-order valence-electron chi connectivity index (χ4n) is 3.14. The van der Waals surface area contributed by atoms with Crippen molar-refractivity contribution in [3.05, 3.63) is 59.2 Å². The minimum atomic E-state index is -0.123. The second kappa shape index (κ2) is 8.62. The van der Waals surface area contributed by atoms with Gasteiger partial charge in [0.1, 0.15) is 0 Å². The highest BCUT2D eigenvalue weighted by molar-refractivity contribution is 5.95. The summed E-state index contributed by atoms with van der Waals surface area (Å²) < 4.78 is 1.90. The van der Waals surface area contributed by atoms with Gasteiger partial charge in [0.05, 0.1) is 23.0 Å². The van der Waals surface area contributed by atoms with Crippen molar-refractivity contribution >= 4 is 11.8 Å². The van der Waals surface area contributed by atoms with Gasteiger partial charge in [-0.2, -0.15) is 5.10 Å². The number of carbonyl (C=O) groups excluding carboxylic acids is 2. The molecular formula is C20H25N5O2. The zero-order chi connectivity index (χ0) is 19.2. The summed E-state index contributed by atoms with van der Waals surface area (Å²) in [5.41, 5.74) is 3.28. The Morgan fingerprint density at radius 2 is 2.11 bits per heavy atom.